The van der Waals surface area contributed by atoms with E-state index >= 15 is 0 Å². The summed E-state index contributed by atoms with van der Waals surface area (Å²) >= 11 is 0. The van der Waals surface area contributed by atoms with Gasteiger partial charge >= 0.3 is 0 Å². The van der Waals surface area contributed by atoms with Gasteiger partial charge in [0, 0.05) is 17.5 Å². The van der Waals surface area contributed by atoms with Crippen molar-refractivity contribution in [2.45, 2.75) is 6.92 Å². The number of hydrogen-bond donors (Lipinski definition) is 1. The first-order valence-corrected chi connectivity index (χ1v) is 4.10. The lowest BCUT2D eigenvalue weighted by molar-refractivity contribution is 0.102. The summed E-state index contributed by atoms with van der Waals surface area (Å²) in [6, 6.07) is 3.50. The summed E-state index contributed by atoms with van der Waals surface area (Å²) in [6.07, 6.45) is 2.83. The number of carbonyl (C=O) groups is 1. The number of carbonyl (C=O) groups excluding carboxylic acids is 1. The summed E-state index contributed by atoms with van der Waals surface area (Å²) in [5.41, 5.74) is 1.38. The Kier molecular flexibility index (Phi) is 2.06. The molecule has 0 aromatic carbocycles. The van der Waals surface area contributed by atoms with E-state index in [4.69, 9.17) is 0 Å². The maximum Gasteiger partial charge on any atom is 0.231 e. The van der Waals surface area contributed by atoms with E-state index in [1.807, 2.05) is 6.92 Å². The lowest BCUT2D eigenvalue weighted by Crippen LogP contribution is -2.04. The van der Waals surface area contributed by atoms with Crippen molar-refractivity contribution in [2.24, 2.45) is 0 Å². The number of ketones is 1. The molecule has 2 rings (SSSR count). The van der Waals surface area contributed by atoms with Gasteiger partial charge in [-0.15, -0.1) is 0 Å². The highest BCUT2D eigenvalue weighted by Gasteiger charge is 2.11. The highest BCUT2D eigenvalue weighted by molar-refractivity contribution is 6.06. The number of pyridine rings is 1. The summed E-state index contributed by atoms with van der Waals surface area (Å²) in [4.78, 5) is 19.4. The zero-order valence-corrected chi connectivity index (χ0v) is 7.56. The maximum atomic E-state index is 11.6. The van der Waals surface area contributed by atoms with Crippen LogP contribution in [0.2, 0.25) is 0 Å². The predicted octanol–water partition coefficient (Wildman–Crippen LogP) is 0.739. The standard InChI is InChI=1S/C9H8N4O/c1-6-2-3-7(4-10-6)8(14)9-11-5-12-13-9/h2-5H,1H3,(H,11,12,13). The molecule has 0 spiro atoms. The smallest absolute Gasteiger partial charge is 0.231 e. The summed E-state index contributed by atoms with van der Waals surface area (Å²) < 4.78 is 0. The average molecular weight is 188 g/mol. The molecule has 0 atom stereocenters. The summed E-state index contributed by atoms with van der Waals surface area (Å²) in [5.74, 6) is 0.0330. The van der Waals surface area contributed by atoms with E-state index in [0.717, 1.165) is 5.69 Å². The molecule has 14 heavy (non-hydrogen) atoms. The third-order valence-electron chi connectivity index (χ3n) is 1.80. The van der Waals surface area contributed by atoms with Crippen LogP contribution in [0.1, 0.15) is 21.9 Å². The fourth-order valence-corrected chi connectivity index (χ4v) is 1.05. The number of aromatic amines is 1. The molecule has 2 heterocycles. The molecule has 0 aliphatic rings. The minimum absolute atomic E-state index is 0.199. The second-order valence-corrected chi connectivity index (χ2v) is 2.85. The molecule has 1 N–H and O–H groups in total. The monoisotopic (exact) mass is 188 g/mol. The molecule has 0 aliphatic heterocycles. The van der Waals surface area contributed by atoms with E-state index in [1.54, 1.807) is 12.1 Å². The molecule has 0 saturated carbocycles. The van der Waals surface area contributed by atoms with Crippen LogP contribution in [0.5, 0.6) is 0 Å². The molecule has 70 valence electrons. The maximum absolute atomic E-state index is 11.6. The van der Waals surface area contributed by atoms with Crippen LogP contribution in [-0.2, 0) is 0 Å². The van der Waals surface area contributed by atoms with Crippen LogP contribution in [0.25, 0.3) is 0 Å². The third kappa shape index (κ3) is 1.52. The number of H-pyrrole nitrogens is 1. The quantitative estimate of drug-likeness (QED) is 0.705. The first-order chi connectivity index (χ1) is 6.77. The fourth-order valence-electron chi connectivity index (χ4n) is 1.05. The van der Waals surface area contributed by atoms with Crippen molar-refractivity contribution in [3.63, 3.8) is 0 Å². The predicted molar refractivity (Wildman–Crippen MR) is 48.8 cm³/mol. The topological polar surface area (TPSA) is 71.5 Å². The Morgan fingerprint density at radius 3 is 2.79 bits per heavy atom. The van der Waals surface area contributed by atoms with Gasteiger partial charge in [0.25, 0.3) is 0 Å². The van der Waals surface area contributed by atoms with Gasteiger partial charge in [-0.05, 0) is 19.1 Å². The zero-order valence-electron chi connectivity index (χ0n) is 7.56. The average Bonchev–Trinajstić information content (AvgIpc) is 2.71. The Morgan fingerprint density at radius 2 is 2.21 bits per heavy atom. The van der Waals surface area contributed by atoms with Crippen LogP contribution in [0.4, 0.5) is 0 Å². The molecule has 0 fully saturated rings. The summed E-state index contributed by atoms with van der Waals surface area (Å²) in [7, 11) is 0. The molecule has 0 unspecified atom stereocenters. The molecule has 0 bridgehead atoms. The van der Waals surface area contributed by atoms with Gasteiger partial charge in [0.2, 0.25) is 5.78 Å². The molecule has 0 amide bonds. The van der Waals surface area contributed by atoms with Gasteiger partial charge in [0.15, 0.2) is 5.82 Å². The van der Waals surface area contributed by atoms with Crippen molar-refractivity contribution in [2.75, 3.05) is 0 Å². The lowest BCUT2D eigenvalue weighted by Gasteiger charge is -1.96. The first kappa shape index (κ1) is 8.55. The zero-order chi connectivity index (χ0) is 9.97. The van der Waals surface area contributed by atoms with Gasteiger partial charge in [-0.1, -0.05) is 0 Å². The minimum Gasteiger partial charge on any atom is -0.285 e. The van der Waals surface area contributed by atoms with E-state index in [-0.39, 0.29) is 11.6 Å². The highest BCUT2D eigenvalue weighted by Crippen LogP contribution is 2.04. The van der Waals surface area contributed by atoms with Crippen LogP contribution in [0.15, 0.2) is 24.7 Å². The van der Waals surface area contributed by atoms with Crippen LogP contribution >= 0.6 is 0 Å². The van der Waals surface area contributed by atoms with E-state index in [2.05, 4.69) is 20.2 Å². The Bertz CT molecular complexity index is 432. The van der Waals surface area contributed by atoms with Crippen molar-refractivity contribution < 1.29 is 4.79 Å². The summed E-state index contributed by atoms with van der Waals surface area (Å²) in [5, 5.41) is 6.12. The van der Waals surface area contributed by atoms with Crippen molar-refractivity contribution in [3.8, 4) is 0 Å². The Morgan fingerprint density at radius 1 is 1.36 bits per heavy atom. The van der Waals surface area contributed by atoms with E-state index in [1.165, 1.54) is 12.5 Å². The second-order valence-electron chi connectivity index (χ2n) is 2.85. The van der Waals surface area contributed by atoms with Gasteiger partial charge in [0.05, 0.1) is 0 Å². The van der Waals surface area contributed by atoms with Crippen molar-refractivity contribution >= 4 is 5.78 Å². The lowest BCUT2D eigenvalue weighted by atomic mass is 10.2. The van der Waals surface area contributed by atoms with Gasteiger partial charge < -0.3 is 0 Å². The molecule has 0 saturated heterocycles. The molecule has 2 aromatic heterocycles. The highest BCUT2D eigenvalue weighted by atomic mass is 16.1. The SMILES string of the molecule is Cc1ccc(C(=O)c2ncn[nH]2)cn1. The molecular weight excluding hydrogens is 180 g/mol. The van der Waals surface area contributed by atoms with Crippen LogP contribution in [0.3, 0.4) is 0 Å². The van der Waals surface area contributed by atoms with Gasteiger partial charge in [-0.2, -0.15) is 5.10 Å². The second kappa shape index (κ2) is 3.37. The minimum atomic E-state index is -0.199. The number of aromatic nitrogens is 4. The van der Waals surface area contributed by atoms with E-state index < -0.39 is 0 Å². The number of rotatable bonds is 2. The normalized spacial score (nSPS) is 10.1. The molecule has 5 nitrogen and oxygen atoms in total. The fraction of sp³-hybridized carbons (Fsp3) is 0.111. The largest absolute Gasteiger partial charge is 0.285 e. The van der Waals surface area contributed by atoms with Gasteiger partial charge in [-0.25, -0.2) is 4.98 Å². The number of nitrogens with zero attached hydrogens (tertiary/aromatic N) is 3. The van der Waals surface area contributed by atoms with Gasteiger partial charge in [-0.3, -0.25) is 14.9 Å². The van der Waals surface area contributed by atoms with Crippen LogP contribution < -0.4 is 0 Å². The Hall–Kier alpha value is -2.04. The molecule has 2 aromatic rings. The van der Waals surface area contributed by atoms with Crippen molar-refractivity contribution in [1.82, 2.24) is 20.2 Å². The van der Waals surface area contributed by atoms with Crippen molar-refractivity contribution in [1.29, 1.82) is 0 Å². The Labute approximate surface area is 80.2 Å². The molecule has 0 radical (unpaired) electrons. The molecule has 5 heteroatoms. The third-order valence-corrected chi connectivity index (χ3v) is 1.80. The molecular formula is C9H8N4O. The first-order valence-electron chi connectivity index (χ1n) is 4.10. The van der Waals surface area contributed by atoms with Gasteiger partial charge in [0.1, 0.15) is 6.33 Å². The number of hydrogen-bond acceptors (Lipinski definition) is 4. The number of aryl methyl sites for hydroxylation is 1. The summed E-state index contributed by atoms with van der Waals surface area (Å²) in [6.45, 7) is 1.86. The number of nitrogens with one attached hydrogen (secondary N) is 1. The molecule has 0 aliphatic carbocycles. The van der Waals surface area contributed by atoms with E-state index in [0.29, 0.717) is 5.56 Å². The van der Waals surface area contributed by atoms with Crippen molar-refractivity contribution in [3.05, 3.63) is 41.7 Å². The Balaban J connectivity index is 2.33. The van der Waals surface area contributed by atoms with Crippen LogP contribution in [0, 0.1) is 6.92 Å². The van der Waals surface area contributed by atoms with E-state index in [9.17, 15) is 4.79 Å². The van der Waals surface area contributed by atoms with Crippen LogP contribution in [-0.4, -0.2) is 25.9 Å².